The van der Waals surface area contributed by atoms with E-state index in [1.807, 2.05) is 12.1 Å². The maximum absolute atomic E-state index is 8.68. The van der Waals surface area contributed by atoms with Crippen LogP contribution in [-0.2, 0) is 13.1 Å². The minimum absolute atomic E-state index is 0.0136. The SMILES string of the molecule is N/C(=N/O)c1ccnc(N2Cc3ccccc3C2)n1. The van der Waals surface area contributed by atoms with Gasteiger partial charge in [-0.15, -0.1) is 0 Å². The molecule has 3 rings (SSSR count). The zero-order chi connectivity index (χ0) is 13.2. The maximum Gasteiger partial charge on any atom is 0.226 e. The molecule has 0 atom stereocenters. The number of hydrogen-bond donors (Lipinski definition) is 2. The van der Waals surface area contributed by atoms with Crippen molar-refractivity contribution in [1.29, 1.82) is 0 Å². The Kier molecular flexibility index (Phi) is 2.75. The van der Waals surface area contributed by atoms with Crippen LogP contribution in [0.3, 0.4) is 0 Å². The fourth-order valence-electron chi connectivity index (χ4n) is 2.17. The van der Waals surface area contributed by atoms with Crippen molar-refractivity contribution in [1.82, 2.24) is 9.97 Å². The van der Waals surface area contributed by atoms with E-state index in [1.54, 1.807) is 12.3 Å². The van der Waals surface area contributed by atoms with Crippen molar-refractivity contribution in [3.05, 3.63) is 53.3 Å². The van der Waals surface area contributed by atoms with Crippen LogP contribution < -0.4 is 10.6 Å². The van der Waals surface area contributed by atoms with Crippen LogP contribution in [-0.4, -0.2) is 21.0 Å². The van der Waals surface area contributed by atoms with Crippen LogP contribution in [0.5, 0.6) is 0 Å². The molecule has 0 radical (unpaired) electrons. The molecule has 6 nitrogen and oxygen atoms in total. The highest BCUT2D eigenvalue weighted by Gasteiger charge is 2.20. The first-order valence-electron chi connectivity index (χ1n) is 5.90. The lowest BCUT2D eigenvalue weighted by Gasteiger charge is -2.15. The predicted octanol–water partition coefficient (Wildman–Crippen LogP) is 1.09. The summed E-state index contributed by atoms with van der Waals surface area (Å²) in [6.45, 7) is 1.55. The molecular weight excluding hydrogens is 242 g/mol. The standard InChI is InChI=1S/C13H13N5O/c14-12(17-19)11-5-6-15-13(16-11)18-7-9-3-1-2-4-10(9)8-18/h1-6,19H,7-8H2,(H2,14,17). The molecule has 0 amide bonds. The van der Waals surface area contributed by atoms with E-state index >= 15 is 0 Å². The van der Waals surface area contributed by atoms with Gasteiger partial charge in [0.05, 0.1) is 0 Å². The van der Waals surface area contributed by atoms with Crippen molar-refractivity contribution in [2.75, 3.05) is 4.90 Å². The summed E-state index contributed by atoms with van der Waals surface area (Å²) in [5.41, 5.74) is 8.51. The van der Waals surface area contributed by atoms with Crippen molar-refractivity contribution in [2.45, 2.75) is 13.1 Å². The molecule has 6 heteroatoms. The molecule has 0 saturated heterocycles. The van der Waals surface area contributed by atoms with Gasteiger partial charge in [0.2, 0.25) is 5.95 Å². The monoisotopic (exact) mass is 255 g/mol. The molecule has 2 aromatic rings. The third-order valence-electron chi connectivity index (χ3n) is 3.14. The van der Waals surface area contributed by atoms with Crippen LogP contribution in [0.1, 0.15) is 16.8 Å². The summed E-state index contributed by atoms with van der Waals surface area (Å²) in [4.78, 5) is 10.6. The molecule has 1 aliphatic rings. The molecule has 0 spiro atoms. The van der Waals surface area contributed by atoms with E-state index < -0.39 is 0 Å². The average Bonchev–Trinajstić information content (AvgIpc) is 2.90. The van der Waals surface area contributed by atoms with Gasteiger partial charge in [-0.3, -0.25) is 0 Å². The van der Waals surface area contributed by atoms with Gasteiger partial charge in [-0.25, -0.2) is 9.97 Å². The average molecular weight is 255 g/mol. The number of nitrogens with two attached hydrogens (primary N) is 1. The van der Waals surface area contributed by atoms with Crippen molar-refractivity contribution in [3.63, 3.8) is 0 Å². The highest BCUT2D eigenvalue weighted by atomic mass is 16.4. The Hall–Kier alpha value is -2.63. The molecule has 19 heavy (non-hydrogen) atoms. The number of anilines is 1. The van der Waals surface area contributed by atoms with Crippen LogP contribution in [0.25, 0.3) is 0 Å². The van der Waals surface area contributed by atoms with Crippen LogP contribution in [0.2, 0.25) is 0 Å². The summed E-state index contributed by atoms with van der Waals surface area (Å²) in [6, 6.07) is 9.86. The third-order valence-corrected chi connectivity index (χ3v) is 3.14. The molecule has 1 aliphatic heterocycles. The number of nitrogens with zero attached hydrogens (tertiary/aromatic N) is 4. The van der Waals surface area contributed by atoms with Gasteiger partial charge < -0.3 is 15.8 Å². The number of hydrogen-bond acceptors (Lipinski definition) is 5. The minimum atomic E-state index is -0.0136. The second kappa shape index (κ2) is 4.56. The molecular formula is C13H13N5O. The quantitative estimate of drug-likeness (QED) is 0.363. The zero-order valence-electron chi connectivity index (χ0n) is 10.2. The van der Waals surface area contributed by atoms with Gasteiger partial charge in [-0.2, -0.15) is 0 Å². The van der Waals surface area contributed by atoms with E-state index in [4.69, 9.17) is 10.9 Å². The summed E-state index contributed by atoms with van der Waals surface area (Å²) in [7, 11) is 0. The summed E-state index contributed by atoms with van der Waals surface area (Å²) in [5, 5.41) is 11.6. The summed E-state index contributed by atoms with van der Waals surface area (Å²) >= 11 is 0. The second-order valence-corrected chi connectivity index (χ2v) is 4.35. The van der Waals surface area contributed by atoms with Crippen molar-refractivity contribution < 1.29 is 5.21 Å². The molecule has 1 aromatic carbocycles. The first-order valence-corrected chi connectivity index (χ1v) is 5.90. The first kappa shape index (κ1) is 11.5. The lowest BCUT2D eigenvalue weighted by Crippen LogP contribution is -2.21. The van der Waals surface area contributed by atoms with E-state index in [1.165, 1.54) is 11.1 Å². The zero-order valence-corrected chi connectivity index (χ0v) is 10.2. The predicted molar refractivity (Wildman–Crippen MR) is 70.9 cm³/mol. The number of rotatable bonds is 2. The smallest absolute Gasteiger partial charge is 0.226 e. The van der Waals surface area contributed by atoms with E-state index in [0.717, 1.165) is 13.1 Å². The van der Waals surface area contributed by atoms with E-state index in [0.29, 0.717) is 11.6 Å². The molecule has 0 fully saturated rings. The highest BCUT2D eigenvalue weighted by Crippen LogP contribution is 2.25. The Bertz CT molecular complexity index is 615. The Morgan fingerprint density at radius 2 is 1.89 bits per heavy atom. The molecule has 0 aliphatic carbocycles. The molecule has 2 heterocycles. The minimum Gasteiger partial charge on any atom is -0.409 e. The molecule has 0 saturated carbocycles. The van der Waals surface area contributed by atoms with E-state index in [2.05, 4.69) is 32.2 Å². The topological polar surface area (TPSA) is 87.6 Å². The Morgan fingerprint density at radius 3 is 2.53 bits per heavy atom. The highest BCUT2D eigenvalue weighted by molar-refractivity contribution is 5.95. The number of aromatic nitrogens is 2. The molecule has 0 bridgehead atoms. The first-order chi connectivity index (χ1) is 9.28. The van der Waals surface area contributed by atoms with Crippen LogP contribution >= 0.6 is 0 Å². The van der Waals surface area contributed by atoms with Gasteiger partial charge in [-0.05, 0) is 17.2 Å². The number of benzene rings is 1. The lowest BCUT2D eigenvalue weighted by molar-refractivity contribution is 0.318. The summed E-state index contributed by atoms with van der Waals surface area (Å²) < 4.78 is 0. The fraction of sp³-hybridized carbons (Fsp3) is 0.154. The van der Waals surface area contributed by atoms with Gasteiger partial charge in [0.25, 0.3) is 0 Å². The van der Waals surface area contributed by atoms with Crippen molar-refractivity contribution >= 4 is 11.8 Å². The lowest BCUT2D eigenvalue weighted by atomic mass is 10.1. The van der Waals surface area contributed by atoms with Crippen LogP contribution in [0.4, 0.5) is 5.95 Å². The normalized spacial score (nSPS) is 14.5. The Morgan fingerprint density at radius 1 is 1.21 bits per heavy atom. The third kappa shape index (κ3) is 2.08. The molecule has 1 aromatic heterocycles. The number of fused-ring (bicyclic) bond motifs is 1. The van der Waals surface area contributed by atoms with Crippen LogP contribution in [0, 0.1) is 0 Å². The molecule has 3 N–H and O–H groups in total. The van der Waals surface area contributed by atoms with E-state index in [-0.39, 0.29) is 5.84 Å². The Balaban J connectivity index is 1.89. The fourth-order valence-corrected chi connectivity index (χ4v) is 2.17. The van der Waals surface area contributed by atoms with E-state index in [9.17, 15) is 0 Å². The number of oxime groups is 1. The second-order valence-electron chi connectivity index (χ2n) is 4.35. The molecule has 96 valence electrons. The summed E-state index contributed by atoms with van der Waals surface area (Å²) in [6.07, 6.45) is 1.61. The van der Waals surface area contributed by atoms with Crippen molar-refractivity contribution in [2.24, 2.45) is 10.9 Å². The molecule has 0 unspecified atom stereocenters. The van der Waals surface area contributed by atoms with Gasteiger partial charge in [0.1, 0.15) is 5.69 Å². The van der Waals surface area contributed by atoms with Gasteiger partial charge in [-0.1, -0.05) is 29.4 Å². The Labute approximate surface area is 110 Å². The van der Waals surface area contributed by atoms with Crippen LogP contribution in [0.15, 0.2) is 41.7 Å². The summed E-state index contributed by atoms with van der Waals surface area (Å²) in [5.74, 6) is 0.570. The maximum atomic E-state index is 8.68. The van der Waals surface area contributed by atoms with Crippen molar-refractivity contribution in [3.8, 4) is 0 Å². The van der Waals surface area contributed by atoms with Gasteiger partial charge in [0, 0.05) is 19.3 Å². The van der Waals surface area contributed by atoms with Gasteiger partial charge in [0.15, 0.2) is 5.84 Å². The number of amidine groups is 1. The van der Waals surface area contributed by atoms with Gasteiger partial charge >= 0.3 is 0 Å². The largest absolute Gasteiger partial charge is 0.409 e.